The zero-order chi connectivity index (χ0) is 10.8. The van der Waals surface area contributed by atoms with Gasteiger partial charge in [0, 0.05) is 17.9 Å². The summed E-state index contributed by atoms with van der Waals surface area (Å²) in [5, 5.41) is 3.05. The molecule has 0 aromatic heterocycles. The van der Waals surface area contributed by atoms with Crippen molar-refractivity contribution in [1.82, 2.24) is 5.32 Å². The summed E-state index contributed by atoms with van der Waals surface area (Å²) in [4.78, 5) is 22.4. The fourth-order valence-corrected chi connectivity index (χ4v) is 2.19. The number of rotatable bonds is 3. The molecule has 2 amide bonds. The maximum absolute atomic E-state index is 11.5. The van der Waals surface area contributed by atoms with Crippen LogP contribution in [0.5, 0.6) is 0 Å². The molecule has 0 aromatic carbocycles. The predicted molar refractivity (Wildman–Crippen MR) is 55.8 cm³/mol. The predicted octanol–water partition coefficient (Wildman–Crippen LogP) is 0.557. The highest BCUT2D eigenvalue weighted by Gasteiger charge is 2.32. The summed E-state index contributed by atoms with van der Waals surface area (Å²) in [5.74, 6) is 0.317. The molecule has 0 radical (unpaired) electrons. The first kappa shape index (κ1) is 10.5. The molecule has 0 aromatic rings. The molecule has 2 saturated carbocycles. The number of amides is 2. The Morgan fingerprint density at radius 2 is 1.47 bits per heavy atom. The van der Waals surface area contributed by atoms with Crippen LogP contribution in [0.4, 0.5) is 0 Å². The summed E-state index contributed by atoms with van der Waals surface area (Å²) in [6, 6.07) is 0.272. The third-order valence-corrected chi connectivity index (χ3v) is 3.42. The van der Waals surface area contributed by atoms with E-state index in [1.54, 1.807) is 0 Å². The normalized spacial score (nSPS) is 30.9. The number of nitrogens with one attached hydrogen (secondary N) is 1. The van der Waals surface area contributed by atoms with Crippen LogP contribution in [-0.4, -0.2) is 17.9 Å². The van der Waals surface area contributed by atoms with Gasteiger partial charge in [-0.05, 0) is 38.5 Å². The molecule has 2 aliphatic rings. The summed E-state index contributed by atoms with van der Waals surface area (Å²) in [6.07, 6.45) is 5.53. The van der Waals surface area contributed by atoms with E-state index in [2.05, 4.69) is 5.32 Å². The average molecular weight is 210 g/mol. The molecular weight excluding hydrogens is 192 g/mol. The molecule has 2 fully saturated rings. The Bertz CT molecular complexity index is 266. The maximum atomic E-state index is 11.5. The van der Waals surface area contributed by atoms with Crippen LogP contribution in [0.2, 0.25) is 0 Å². The van der Waals surface area contributed by atoms with Crippen LogP contribution in [0.15, 0.2) is 0 Å². The molecule has 0 atom stereocenters. The van der Waals surface area contributed by atoms with Gasteiger partial charge < -0.3 is 11.1 Å². The molecule has 0 bridgehead atoms. The van der Waals surface area contributed by atoms with Gasteiger partial charge in [0.05, 0.1) is 0 Å². The summed E-state index contributed by atoms with van der Waals surface area (Å²) >= 11 is 0. The lowest BCUT2D eigenvalue weighted by Crippen LogP contribution is -2.40. The van der Waals surface area contributed by atoms with E-state index in [1.807, 2.05) is 0 Å². The van der Waals surface area contributed by atoms with Gasteiger partial charge in [-0.25, -0.2) is 0 Å². The molecule has 84 valence electrons. The van der Waals surface area contributed by atoms with E-state index < -0.39 is 0 Å². The van der Waals surface area contributed by atoms with E-state index in [1.165, 1.54) is 0 Å². The molecular formula is C11H18N2O2. The molecule has 0 aliphatic heterocycles. The highest BCUT2D eigenvalue weighted by Crippen LogP contribution is 2.30. The Morgan fingerprint density at radius 3 is 1.93 bits per heavy atom. The number of carbonyl (C=O) groups excluding carboxylic acids is 2. The number of hydrogen-bond donors (Lipinski definition) is 2. The highest BCUT2D eigenvalue weighted by atomic mass is 16.2. The summed E-state index contributed by atoms with van der Waals surface area (Å²) in [6.45, 7) is 0. The van der Waals surface area contributed by atoms with Crippen LogP contribution in [0.25, 0.3) is 0 Å². The van der Waals surface area contributed by atoms with Crippen molar-refractivity contribution < 1.29 is 9.59 Å². The zero-order valence-corrected chi connectivity index (χ0v) is 8.87. The summed E-state index contributed by atoms with van der Waals surface area (Å²) < 4.78 is 0. The lowest BCUT2D eigenvalue weighted by Gasteiger charge is -2.27. The number of nitrogens with two attached hydrogens (primary N) is 1. The second kappa shape index (κ2) is 4.21. The van der Waals surface area contributed by atoms with Gasteiger partial charge in [-0.15, -0.1) is 0 Å². The van der Waals surface area contributed by atoms with Crippen LogP contribution in [0, 0.1) is 11.8 Å². The second-order valence-electron chi connectivity index (χ2n) is 4.73. The van der Waals surface area contributed by atoms with Gasteiger partial charge in [0.2, 0.25) is 11.8 Å². The third kappa shape index (κ3) is 2.70. The van der Waals surface area contributed by atoms with Crippen molar-refractivity contribution in [2.24, 2.45) is 17.6 Å². The fraction of sp³-hybridized carbons (Fsp3) is 0.818. The van der Waals surface area contributed by atoms with E-state index in [4.69, 9.17) is 5.73 Å². The summed E-state index contributed by atoms with van der Waals surface area (Å²) in [7, 11) is 0. The minimum absolute atomic E-state index is 0.0269. The van der Waals surface area contributed by atoms with Crippen molar-refractivity contribution in [3.63, 3.8) is 0 Å². The second-order valence-corrected chi connectivity index (χ2v) is 4.73. The van der Waals surface area contributed by atoms with Crippen LogP contribution in [0.1, 0.15) is 38.5 Å². The molecule has 0 heterocycles. The Labute approximate surface area is 89.6 Å². The third-order valence-electron chi connectivity index (χ3n) is 3.42. The Hall–Kier alpha value is -1.06. The van der Waals surface area contributed by atoms with E-state index in [0.29, 0.717) is 0 Å². The lowest BCUT2D eigenvalue weighted by molar-refractivity contribution is -0.123. The quantitative estimate of drug-likeness (QED) is 0.714. The Balaban J connectivity index is 1.73. The first-order valence-corrected chi connectivity index (χ1v) is 5.76. The molecule has 2 rings (SSSR count). The molecule has 2 aliphatic carbocycles. The van der Waals surface area contributed by atoms with E-state index in [9.17, 15) is 9.59 Å². The van der Waals surface area contributed by atoms with Crippen molar-refractivity contribution >= 4 is 11.8 Å². The van der Waals surface area contributed by atoms with Gasteiger partial charge in [0.1, 0.15) is 0 Å². The smallest absolute Gasteiger partial charge is 0.223 e. The number of hydrogen-bond acceptors (Lipinski definition) is 2. The van der Waals surface area contributed by atoms with E-state index in [0.717, 1.165) is 38.5 Å². The minimum Gasteiger partial charge on any atom is -0.369 e. The zero-order valence-electron chi connectivity index (χ0n) is 8.87. The number of primary amides is 1. The average Bonchev–Trinajstić information content (AvgIpc) is 3.01. The van der Waals surface area contributed by atoms with Crippen LogP contribution in [-0.2, 0) is 9.59 Å². The molecule has 15 heavy (non-hydrogen) atoms. The van der Waals surface area contributed by atoms with Crippen LogP contribution >= 0.6 is 0 Å². The highest BCUT2D eigenvalue weighted by molar-refractivity contribution is 5.81. The Morgan fingerprint density at radius 1 is 0.933 bits per heavy atom. The minimum atomic E-state index is -0.193. The first-order chi connectivity index (χ1) is 7.16. The standard InChI is InChI=1S/C11H18N2O2/c12-10(14)7-3-5-9(6-4-7)13-11(15)8-1-2-8/h7-9H,1-6H2,(H2,12,14)(H,13,15). The van der Waals surface area contributed by atoms with Gasteiger partial charge in [-0.2, -0.15) is 0 Å². The largest absolute Gasteiger partial charge is 0.369 e. The van der Waals surface area contributed by atoms with Gasteiger partial charge in [0.15, 0.2) is 0 Å². The molecule has 0 spiro atoms. The van der Waals surface area contributed by atoms with Crippen molar-refractivity contribution in [1.29, 1.82) is 0 Å². The topological polar surface area (TPSA) is 72.2 Å². The van der Waals surface area contributed by atoms with Gasteiger partial charge in [-0.1, -0.05) is 0 Å². The van der Waals surface area contributed by atoms with Gasteiger partial charge in [-0.3, -0.25) is 9.59 Å². The number of carbonyl (C=O) groups is 2. The molecule has 0 unspecified atom stereocenters. The first-order valence-electron chi connectivity index (χ1n) is 5.76. The molecule has 0 saturated heterocycles. The van der Waals surface area contributed by atoms with Crippen molar-refractivity contribution in [3.05, 3.63) is 0 Å². The van der Waals surface area contributed by atoms with Crippen molar-refractivity contribution in [2.75, 3.05) is 0 Å². The molecule has 4 heteroatoms. The van der Waals surface area contributed by atoms with E-state index >= 15 is 0 Å². The SMILES string of the molecule is NC(=O)C1CCC(NC(=O)C2CC2)CC1. The van der Waals surface area contributed by atoms with Gasteiger partial charge in [0.25, 0.3) is 0 Å². The Kier molecular flexibility index (Phi) is 2.93. The monoisotopic (exact) mass is 210 g/mol. The lowest BCUT2D eigenvalue weighted by atomic mass is 9.85. The summed E-state index contributed by atoms with van der Waals surface area (Å²) in [5.41, 5.74) is 5.25. The maximum Gasteiger partial charge on any atom is 0.223 e. The van der Waals surface area contributed by atoms with Crippen molar-refractivity contribution in [2.45, 2.75) is 44.6 Å². The van der Waals surface area contributed by atoms with E-state index in [-0.39, 0.29) is 29.7 Å². The molecule has 4 nitrogen and oxygen atoms in total. The fourth-order valence-electron chi connectivity index (χ4n) is 2.19. The van der Waals surface area contributed by atoms with Crippen LogP contribution in [0.3, 0.4) is 0 Å². The van der Waals surface area contributed by atoms with Crippen molar-refractivity contribution in [3.8, 4) is 0 Å². The molecule has 3 N–H and O–H groups in total. The van der Waals surface area contributed by atoms with Gasteiger partial charge >= 0.3 is 0 Å². The van der Waals surface area contributed by atoms with Crippen LogP contribution < -0.4 is 11.1 Å².